The summed E-state index contributed by atoms with van der Waals surface area (Å²) in [5.41, 5.74) is 0. The first-order valence-corrected chi connectivity index (χ1v) is 6.43. The molecule has 0 aromatic carbocycles. The zero-order valence-corrected chi connectivity index (χ0v) is 9.47. The minimum Gasteiger partial charge on any atom is -0.286 e. The van der Waals surface area contributed by atoms with Crippen LogP contribution in [-0.4, -0.2) is 18.7 Å². The van der Waals surface area contributed by atoms with Crippen molar-refractivity contribution in [1.29, 1.82) is 0 Å². The summed E-state index contributed by atoms with van der Waals surface area (Å²) in [6.45, 7) is 6.39. The minimum atomic E-state index is -3.75. The van der Waals surface area contributed by atoms with Crippen LogP contribution in [0.25, 0.3) is 0 Å². The molecule has 0 saturated heterocycles. The third kappa shape index (κ3) is 7.02. The Morgan fingerprint density at radius 1 is 1.31 bits per heavy atom. The normalized spacial score (nSPS) is 14.8. The van der Waals surface area contributed by atoms with E-state index in [1.165, 1.54) is 0 Å². The molecule has 3 nitrogen and oxygen atoms in total. The van der Waals surface area contributed by atoms with Crippen LogP contribution in [0.2, 0.25) is 0 Å². The summed E-state index contributed by atoms with van der Waals surface area (Å²) in [5.74, 6) is 1.06. The smallest absolute Gasteiger partial charge is 0.264 e. The van der Waals surface area contributed by atoms with Gasteiger partial charge in [-0.2, -0.15) is 8.42 Å². The van der Waals surface area contributed by atoms with Gasteiger partial charge in [0, 0.05) is 0 Å². The van der Waals surface area contributed by atoms with E-state index in [-0.39, 0.29) is 5.75 Å². The van der Waals surface area contributed by atoms with E-state index in [1.807, 2.05) is 0 Å². The molecule has 0 aromatic heterocycles. The van der Waals surface area contributed by atoms with Gasteiger partial charge in [-0.15, -0.1) is 0 Å². The van der Waals surface area contributed by atoms with Gasteiger partial charge < -0.3 is 0 Å². The van der Waals surface area contributed by atoms with E-state index in [1.54, 1.807) is 0 Å². The molecule has 0 fully saturated rings. The van der Waals surface area contributed by atoms with Crippen molar-refractivity contribution in [3.63, 3.8) is 0 Å². The molecule has 0 saturated carbocycles. The van der Waals surface area contributed by atoms with Crippen molar-refractivity contribution in [2.24, 2.45) is 11.8 Å². The number of hydrogen-bond donors (Lipinski definition) is 1. The van der Waals surface area contributed by atoms with Gasteiger partial charge in [0.1, 0.15) is 0 Å². The molecule has 0 heterocycles. The number of hydrogen-bond acceptors (Lipinski definition) is 2. The van der Waals surface area contributed by atoms with Crippen LogP contribution in [0, 0.1) is 11.8 Å². The van der Waals surface area contributed by atoms with Gasteiger partial charge in [-0.1, -0.05) is 27.2 Å². The highest BCUT2D eigenvalue weighted by Gasteiger charge is 2.12. The van der Waals surface area contributed by atoms with Gasteiger partial charge in [-0.05, 0) is 24.7 Å². The van der Waals surface area contributed by atoms with Crippen LogP contribution in [0.5, 0.6) is 0 Å². The maximum absolute atomic E-state index is 10.4. The average Bonchev–Trinajstić information content (AvgIpc) is 1.95. The maximum Gasteiger partial charge on any atom is 0.264 e. The quantitative estimate of drug-likeness (QED) is 0.682. The molecule has 0 aliphatic heterocycles. The Hall–Kier alpha value is -0.0900. The summed E-state index contributed by atoms with van der Waals surface area (Å²) in [5, 5.41) is 0. The van der Waals surface area contributed by atoms with Gasteiger partial charge in [-0.25, -0.2) is 0 Å². The van der Waals surface area contributed by atoms with Crippen molar-refractivity contribution in [3.8, 4) is 0 Å². The molecule has 0 aliphatic rings. The number of rotatable bonds is 6. The highest BCUT2D eigenvalue weighted by molar-refractivity contribution is 7.85. The Morgan fingerprint density at radius 3 is 2.15 bits per heavy atom. The Labute approximate surface area is 81.3 Å². The molecule has 0 aliphatic carbocycles. The highest BCUT2D eigenvalue weighted by Crippen LogP contribution is 2.20. The molecule has 0 amide bonds. The molecular formula is C9H20O3S. The molecule has 1 atom stereocenters. The summed E-state index contributed by atoms with van der Waals surface area (Å²) < 4.78 is 29.4. The third-order valence-corrected chi connectivity index (χ3v) is 3.25. The summed E-state index contributed by atoms with van der Waals surface area (Å²) in [4.78, 5) is 0. The monoisotopic (exact) mass is 208 g/mol. The summed E-state index contributed by atoms with van der Waals surface area (Å²) in [7, 11) is -3.75. The van der Waals surface area contributed by atoms with Crippen LogP contribution in [0.4, 0.5) is 0 Å². The first-order chi connectivity index (χ1) is 5.87. The van der Waals surface area contributed by atoms with Crippen LogP contribution in [0.1, 0.15) is 40.0 Å². The fourth-order valence-electron chi connectivity index (χ4n) is 1.54. The molecule has 0 spiro atoms. The first-order valence-electron chi connectivity index (χ1n) is 4.82. The Kier molecular flexibility index (Phi) is 5.56. The van der Waals surface area contributed by atoms with Crippen molar-refractivity contribution >= 4 is 10.1 Å². The second-order valence-electron chi connectivity index (χ2n) is 3.84. The lowest BCUT2D eigenvalue weighted by Crippen LogP contribution is -2.11. The molecule has 0 bridgehead atoms. The Bertz CT molecular complexity index is 219. The molecule has 80 valence electrons. The van der Waals surface area contributed by atoms with Gasteiger partial charge >= 0.3 is 0 Å². The molecule has 4 heteroatoms. The molecule has 0 aromatic rings. The van der Waals surface area contributed by atoms with Gasteiger partial charge in [-0.3, -0.25) is 4.55 Å². The summed E-state index contributed by atoms with van der Waals surface area (Å²) in [6.07, 6.45) is 2.52. The molecule has 13 heavy (non-hydrogen) atoms. The predicted octanol–water partition coefficient (Wildman–Crippen LogP) is 2.34. The molecule has 0 rings (SSSR count). The lowest BCUT2D eigenvalue weighted by Gasteiger charge is -2.17. The van der Waals surface area contributed by atoms with Gasteiger partial charge in [0.2, 0.25) is 0 Å². The lowest BCUT2D eigenvalue weighted by molar-refractivity contribution is 0.344. The van der Waals surface area contributed by atoms with Crippen LogP contribution in [0.15, 0.2) is 0 Å². The van der Waals surface area contributed by atoms with Gasteiger partial charge in [0.05, 0.1) is 5.75 Å². The fraction of sp³-hybridized carbons (Fsp3) is 1.00. The van der Waals surface area contributed by atoms with E-state index in [4.69, 9.17) is 4.55 Å². The van der Waals surface area contributed by atoms with E-state index in [0.717, 1.165) is 12.8 Å². The maximum atomic E-state index is 10.4. The highest BCUT2D eigenvalue weighted by atomic mass is 32.2. The van der Waals surface area contributed by atoms with Crippen molar-refractivity contribution in [2.75, 3.05) is 5.75 Å². The third-order valence-electron chi connectivity index (χ3n) is 2.44. The largest absolute Gasteiger partial charge is 0.286 e. The predicted molar refractivity (Wildman–Crippen MR) is 54.3 cm³/mol. The van der Waals surface area contributed by atoms with E-state index in [0.29, 0.717) is 18.3 Å². The first kappa shape index (κ1) is 12.9. The Morgan fingerprint density at radius 2 is 1.85 bits per heavy atom. The zero-order chi connectivity index (χ0) is 10.5. The molecule has 1 N–H and O–H groups in total. The van der Waals surface area contributed by atoms with Crippen LogP contribution >= 0.6 is 0 Å². The van der Waals surface area contributed by atoms with Crippen molar-refractivity contribution in [3.05, 3.63) is 0 Å². The molecular weight excluding hydrogens is 188 g/mol. The van der Waals surface area contributed by atoms with E-state index in [2.05, 4.69) is 20.8 Å². The summed E-state index contributed by atoms with van der Waals surface area (Å²) in [6, 6.07) is 0. The minimum absolute atomic E-state index is 0.101. The van der Waals surface area contributed by atoms with E-state index < -0.39 is 10.1 Å². The van der Waals surface area contributed by atoms with Gasteiger partial charge in [0.15, 0.2) is 0 Å². The van der Waals surface area contributed by atoms with E-state index >= 15 is 0 Å². The fourth-order valence-corrected chi connectivity index (χ4v) is 2.07. The van der Waals surface area contributed by atoms with Crippen molar-refractivity contribution in [2.45, 2.75) is 40.0 Å². The molecule has 1 unspecified atom stereocenters. The Balaban J connectivity index is 3.74. The molecule has 0 radical (unpaired) electrons. The van der Waals surface area contributed by atoms with E-state index in [9.17, 15) is 8.42 Å². The van der Waals surface area contributed by atoms with Crippen molar-refractivity contribution < 1.29 is 13.0 Å². The lowest BCUT2D eigenvalue weighted by atomic mass is 9.89. The van der Waals surface area contributed by atoms with Crippen LogP contribution in [-0.2, 0) is 10.1 Å². The zero-order valence-electron chi connectivity index (χ0n) is 8.66. The van der Waals surface area contributed by atoms with Gasteiger partial charge in [0.25, 0.3) is 10.1 Å². The van der Waals surface area contributed by atoms with Crippen LogP contribution in [0.3, 0.4) is 0 Å². The van der Waals surface area contributed by atoms with Crippen molar-refractivity contribution in [1.82, 2.24) is 0 Å². The summed E-state index contributed by atoms with van der Waals surface area (Å²) >= 11 is 0. The topological polar surface area (TPSA) is 54.4 Å². The second-order valence-corrected chi connectivity index (χ2v) is 5.41. The average molecular weight is 208 g/mol. The second kappa shape index (κ2) is 5.60. The van der Waals surface area contributed by atoms with Crippen LogP contribution < -0.4 is 0 Å². The standard InChI is InChI=1S/C9H20O3S/c1-4-9(8(2)3)6-5-7-13(10,11)12/h8-9H,4-7H2,1-3H3,(H,10,11,12). The SMILES string of the molecule is CCC(CCCS(=O)(=O)O)C(C)C.